The van der Waals surface area contributed by atoms with Crippen LogP contribution in [0.2, 0.25) is 0 Å². The van der Waals surface area contributed by atoms with E-state index in [1.165, 1.54) is 6.92 Å². The Labute approximate surface area is 235 Å². The Morgan fingerprint density at radius 1 is 0.683 bits per heavy atom. The summed E-state index contributed by atoms with van der Waals surface area (Å²) in [5.74, 6) is -2.85. The van der Waals surface area contributed by atoms with Crippen molar-refractivity contribution in [3.63, 3.8) is 0 Å². The van der Waals surface area contributed by atoms with Crippen LogP contribution in [0, 0.1) is 0 Å². The topological polar surface area (TPSA) is 153 Å². The van der Waals surface area contributed by atoms with Crippen molar-refractivity contribution in [3.05, 3.63) is 65.7 Å². The van der Waals surface area contributed by atoms with Crippen molar-refractivity contribution < 1.29 is 57.1 Å². The summed E-state index contributed by atoms with van der Waals surface area (Å²) < 4.78 is 39.3. The van der Waals surface area contributed by atoms with E-state index >= 15 is 0 Å². The van der Waals surface area contributed by atoms with Crippen LogP contribution in [-0.4, -0.2) is 73.1 Å². The molecule has 2 saturated heterocycles. The van der Waals surface area contributed by atoms with Gasteiger partial charge in [0.1, 0.15) is 24.6 Å². The average molecular weight is 571 g/mol. The highest BCUT2D eigenvalue weighted by Crippen LogP contribution is 2.45. The van der Waals surface area contributed by atoms with Crippen LogP contribution < -0.4 is 4.74 Å². The van der Waals surface area contributed by atoms with Crippen LogP contribution in [-0.2, 0) is 47.6 Å². The first-order valence-electron chi connectivity index (χ1n) is 12.9. The number of carbonyl (C=O) groups is 5. The van der Waals surface area contributed by atoms with Crippen LogP contribution >= 0.6 is 0 Å². The number of Topliss-reactive ketones (excluding diaryl/α,β-unsaturated/α-hetero) is 1. The molecule has 7 atom stereocenters. The smallest absolute Gasteiger partial charge is 0.303 e. The summed E-state index contributed by atoms with van der Waals surface area (Å²) in [5, 5.41) is 0. The number of epoxide rings is 1. The molecule has 0 aliphatic carbocycles. The van der Waals surface area contributed by atoms with Crippen molar-refractivity contribution in [3.8, 4) is 5.75 Å². The molecule has 2 aromatic rings. The van der Waals surface area contributed by atoms with Gasteiger partial charge in [0.25, 0.3) is 0 Å². The second-order valence-corrected chi connectivity index (χ2v) is 9.43. The molecule has 2 aliphatic heterocycles. The second-order valence-electron chi connectivity index (χ2n) is 9.43. The summed E-state index contributed by atoms with van der Waals surface area (Å²) in [5.41, 5.74) is 1.02. The highest BCUT2D eigenvalue weighted by molar-refractivity contribution is 6.01. The Balaban J connectivity index is 1.64. The number of hydrogen-bond acceptors (Lipinski definition) is 12. The third-order valence-corrected chi connectivity index (χ3v) is 6.23. The first kappa shape index (κ1) is 29.7. The molecule has 0 saturated carbocycles. The highest BCUT2D eigenvalue weighted by atomic mass is 16.7. The van der Waals surface area contributed by atoms with Crippen molar-refractivity contribution in [2.24, 2.45) is 0 Å². The molecule has 12 heteroatoms. The van der Waals surface area contributed by atoms with Gasteiger partial charge in [-0.15, -0.1) is 0 Å². The van der Waals surface area contributed by atoms with Gasteiger partial charge in [-0.2, -0.15) is 0 Å². The zero-order chi connectivity index (χ0) is 29.7. The molecule has 4 rings (SSSR count). The summed E-state index contributed by atoms with van der Waals surface area (Å²) in [4.78, 5) is 60.6. The van der Waals surface area contributed by atoms with Gasteiger partial charge in [0, 0.05) is 38.8 Å². The number of carbonyl (C=O) groups excluding carboxylic acids is 5. The Morgan fingerprint density at radius 2 is 1.27 bits per heavy atom. The summed E-state index contributed by atoms with van der Waals surface area (Å²) in [6.07, 6.45) is -8.03. The number of rotatable bonds is 10. The number of hydrogen-bond donors (Lipinski definition) is 0. The molecule has 0 spiro atoms. The van der Waals surface area contributed by atoms with Gasteiger partial charge in [-0.05, 0) is 6.07 Å². The van der Waals surface area contributed by atoms with E-state index in [0.29, 0.717) is 11.1 Å². The minimum Gasteiger partial charge on any atom is -0.463 e. The quantitative estimate of drug-likeness (QED) is 0.178. The monoisotopic (exact) mass is 570 g/mol. The van der Waals surface area contributed by atoms with Gasteiger partial charge in [0.05, 0.1) is 0 Å². The van der Waals surface area contributed by atoms with E-state index in [9.17, 15) is 24.0 Å². The molecular formula is C29H30O12. The fourth-order valence-corrected chi connectivity index (χ4v) is 4.55. The van der Waals surface area contributed by atoms with Gasteiger partial charge in [-0.25, -0.2) is 0 Å². The van der Waals surface area contributed by atoms with Gasteiger partial charge in [0.2, 0.25) is 12.4 Å². The zero-order valence-corrected chi connectivity index (χ0v) is 22.8. The largest absolute Gasteiger partial charge is 0.463 e. The van der Waals surface area contributed by atoms with Crippen LogP contribution in [0.5, 0.6) is 5.75 Å². The van der Waals surface area contributed by atoms with Crippen LogP contribution in [0.3, 0.4) is 0 Å². The standard InChI is InChI=1S/C29H30O12/c1-15(30)35-14-22-25(36-16(2)31)27(37-17(3)32)28(38-18(4)33)29(40-22)39-21-13-9-8-12-20(21)24-26(41-24)23(34)19-10-6-5-7-11-19/h5-13,22,24-29H,14H2,1-4H3/t22-,24+,25-,26+,27+,28-,29-/m1/s1. The van der Waals surface area contributed by atoms with E-state index in [1.54, 1.807) is 54.6 Å². The predicted octanol–water partition coefficient (Wildman–Crippen LogP) is 2.47. The Kier molecular flexibility index (Phi) is 9.35. The van der Waals surface area contributed by atoms with Crippen molar-refractivity contribution in [1.29, 1.82) is 0 Å². The van der Waals surface area contributed by atoms with Crippen LogP contribution in [0.15, 0.2) is 54.6 Å². The van der Waals surface area contributed by atoms with Gasteiger partial charge in [-0.3, -0.25) is 24.0 Å². The third kappa shape index (κ3) is 7.47. The summed E-state index contributed by atoms with van der Waals surface area (Å²) in [6.45, 7) is 4.20. The first-order chi connectivity index (χ1) is 19.5. The van der Waals surface area contributed by atoms with Gasteiger partial charge < -0.3 is 33.2 Å². The molecular weight excluding hydrogens is 540 g/mol. The minimum absolute atomic E-state index is 0.197. The van der Waals surface area contributed by atoms with E-state index in [-0.39, 0.29) is 11.5 Å². The van der Waals surface area contributed by atoms with E-state index in [1.807, 2.05) is 0 Å². The first-order valence-corrected chi connectivity index (χ1v) is 12.9. The molecule has 0 radical (unpaired) electrons. The maximum Gasteiger partial charge on any atom is 0.303 e. The van der Waals surface area contributed by atoms with Crippen LogP contribution in [0.25, 0.3) is 0 Å². The predicted molar refractivity (Wildman–Crippen MR) is 137 cm³/mol. The molecule has 0 bridgehead atoms. The highest BCUT2D eigenvalue weighted by Gasteiger charge is 2.54. The summed E-state index contributed by atoms with van der Waals surface area (Å²) in [7, 11) is 0. The van der Waals surface area contributed by atoms with Crippen molar-refractivity contribution in [2.75, 3.05) is 6.61 Å². The number of ether oxygens (including phenoxy) is 7. The molecule has 2 heterocycles. The number of para-hydroxylation sites is 1. The third-order valence-electron chi connectivity index (χ3n) is 6.23. The lowest BCUT2D eigenvalue weighted by molar-refractivity contribution is -0.288. The van der Waals surface area contributed by atoms with Crippen LogP contribution in [0.4, 0.5) is 0 Å². The second kappa shape index (κ2) is 12.9. The lowest BCUT2D eigenvalue weighted by Gasteiger charge is -2.44. The normalized spacial score (nSPS) is 26.7. The molecule has 2 fully saturated rings. The fraction of sp³-hybridized carbons (Fsp3) is 0.414. The fourth-order valence-electron chi connectivity index (χ4n) is 4.55. The van der Waals surface area contributed by atoms with E-state index in [2.05, 4.69) is 0 Å². The van der Waals surface area contributed by atoms with Crippen molar-refractivity contribution in [1.82, 2.24) is 0 Å². The average Bonchev–Trinajstić information content (AvgIpc) is 3.71. The Morgan fingerprint density at radius 3 is 1.90 bits per heavy atom. The number of esters is 4. The molecule has 0 unspecified atom stereocenters. The molecule has 0 aromatic heterocycles. The Bertz CT molecular complexity index is 1290. The van der Waals surface area contributed by atoms with E-state index < -0.39 is 73.4 Å². The molecule has 0 N–H and O–H groups in total. The molecule has 0 amide bonds. The molecule has 12 nitrogen and oxygen atoms in total. The SMILES string of the molecule is CC(=O)OC[C@H]1O[C@@H](Oc2ccccc2[C@@H]2O[C@H]2C(=O)c2ccccc2)[C@H](OC(C)=O)[C@@H](OC(C)=O)[C@@H]1OC(C)=O. The summed E-state index contributed by atoms with van der Waals surface area (Å²) in [6, 6.07) is 15.4. The number of ketones is 1. The number of benzene rings is 2. The maximum absolute atomic E-state index is 12.9. The lowest BCUT2D eigenvalue weighted by atomic mass is 9.98. The minimum atomic E-state index is -1.42. The lowest BCUT2D eigenvalue weighted by Crippen LogP contribution is -2.63. The van der Waals surface area contributed by atoms with Gasteiger partial charge >= 0.3 is 23.9 Å². The van der Waals surface area contributed by atoms with Crippen molar-refractivity contribution in [2.45, 2.75) is 70.6 Å². The molecule has 2 aliphatic rings. The van der Waals surface area contributed by atoms with E-state index in [4.69, 9.17) is 33.2 Å². The molecule has 41 heavy (non-hydrogen) atoms. The molecule has 218 valence electrons. The Hall–Kier alpha value is -4.29. The van der Waals surface area contributed by atoms with Gasteiger partial charge in [-0.1, -0.05) is 48.5 Å². The van der Waals surface area contributed by atoms with E-state index in [0.717, 1.165) is 20.8 Å². The maximum atomic E-state index is 12.9. The van der Waals surface area contributed by atoms with Crippen LogP contribution in [0.1, 0.15) is 49.7 Å². The van der Waals surface area contributed by atoms with Crippen molar-refractivity contribution >= 4 is 29.7 Å². The molecule has 2 aromatic carbocycles. The summed E-state index contributed by atoms with van der Waals surface area (Å²) >= 11 is 0. The van der Waals surface area contributed by atoms with Gasteiger partial charge in [0.15, 0.2) is 24.1 Å². The zero-order valence-electron chi connectivity index (χ0n) is 22.8.